The second-order valence-corrected chi connectivity index (χ2v) is 13.0. The minimum atomic E-state index is 0.0443. The fourth-order valence-electron chi connectivity index (χ4n) is 7.80. The summed E-state index contributed by atoms with van der Waals surface area (Å²) in [5.41, 5.74) is 4.87. The van der Waals surface area contributed by atoms with E-state index < -0.39 is 0 Å². The number of amides is 1. The zero-order chi connectivity index (χ0) is 28.5. The van der Waals surface area contributed by atoms with E-state index in [1.165, 1.54) is 5.56 Å². The van der Waals surface area contributed by atoms with Gasteiger partial charge in [-0.2, -0.15) is 5.26 Å². The molecule has 3 atom stereocenters. The van der Waals surface area contributed by atoms with E-state index >= 15 is 0 Å². The van der Waals surface area contributed by atoms with Crippen molar-refractivity contribution >= 4 is 22.5 Å². The first kappa shape index (κ1) is 26.0. The molecule has 4 aliphatic rings. The number of nitrogens with zero attached hydrogens (tertiary/aromatic N) is 5. The Bertz CT molecular complexity index is 1630. The van der Waals surface area contributed by atoms with Gasteiger partial charge < -0.3 is 19.8 Å². The molecule has 7 nitrogen and oxygen atoms in total. The summed E-state index contributed by atoms with van der Waals surface area (Å²) in [6.45, 7) is 6.17. The van der Waals surface area contributed by atoms with Crippen molar-refractivity contribution in [3.8, 4) is 22.9 Å². The molecule has 7 heteroatoms. The number of rotatable bonds is 5. The molecule has 1 N–H and O–H groups in total. The lowest BCUT2D eigenvalue weighted by Gasteiger charge is -2.47. The molecular weight excluding hydrogens is 510 g/mol. The molecule has 3 heterocycles. The zero-order valence-corrected chi connectivity index (χ0v) is 24.1. The summed E-state index contributed by atoms with van der Waals surface area (Å²) in [4.78, 5) is 24.3. The van der Waals surface area contributed by atoms with Gasteiger partial charge in [0, 0.05) is 55.7 Å². The first-order chi connectivity index (χ1) is 19.8. The molecular formula is C34H37N5O2. The second kappa shape index (κ2) is 9.60. The third kappa shape index (κ3) is 4.28. The molecule has 0 radical (unpaired) electrons. The predicted molar refractivity (Wildman–Crippen MR) is 161 cm³/mol. The van der Waals surface area contributed by atoms with Crippen LogP contribution in [0.15, 0.2) is 48.6 Å². The molecule has 7 rings (SSSR count). The monoisotopic (exact) mass is 547 g/mol. The predicted octanol–water partition coefficient (Wildman–Crippen LogP) is 4.93. The minimum absolute atomic E-state index is 0.0443. The van der Waals surface area contributed by atoms with Gasteiger partial charge in [-0.3, -0.25) is 4.79 Å². The van der Waals surface area contributed by atoms with Crippen molar-refractivity contribution in [3.05, 3.63) is 65.4 Å². The number of hydrogen-bond donors (Lipinski definition) is 1. The van der Waals surface area contributed by atoms with E-state index in [1.54, 1.807) is 12.1 Å². The number of fused-ring (bicyclic) bond motifs is 4. The second-order valence-electron chi connectivity index (χ2n) is 13.0. The lowest BCUT2D eigenvalue weighted by atomic mass is 9.79. The Morgan fingerprint density at radius 2 is 2.05 bits per heavy atom. The van der Waals surface area contributed by atoms with Crippen LogP contribution in [0, 0.1) is 28.6 Å². The number of carbonyl (C=O) groups is 1. The maximum Gasteiger partial charge on any atom is 0.246 e. The Hall–Kier alpha value is -3.89. The third-order valence-corrected chi connectivity index (χ3v) is 9.98. The number of aromatic hydroxyl groups is 1. The molecule has 3 fully saturated rings. The lowest BCUT2D eigenvalue weighted by Crippen LogP contribution is -2.59. The zero-order valence-electron chi connectivity index (χ0n) is 24.1. The van der Waals surface area contributed by atoms with Crippen LogP contribution in [0.1, 0.15) is 42.5 Å². The van der Waals surface area contributed by atoms with E-state index in [4.69, 9.17) is 4.98 Å². The molecule has 1 saturated carbocycles. The van der Waals surface area contributed by atoms with E-state index in [2.05, 4.69) is 24.0 Å². The number of anilines is 1. The van der Waals surface area contributed by atoms with Crippen LogP contribution in [-0.2, 0) is 11.2 Å². The van der Waals surface area contributed by atoms with Crippen molar-refractivity contribution in [3.63, 3.8) is 0 Å². The molecule has 1 spiro atoms. The summed E-state index contributed by atoms with van der Waals surface area (Å²) in [6, 6.07) is 14.3. The Balaban J connectivity index is 1.26. The molecule has 0 bridgehead atoms. The van der Waals surface area contributed by atoms with Gasteiger partial charge in [0.15, 0.2) is 0 Å². The molecule has 3 aromatic rings. The van der Waals surface area contributed by atoms with Crippen molar-refractivity contribution in [2.75, 3.05) is 51.7 Å². The van der Waals surface area contributed by atoms with Gasteiger partial charge in [-0.05, 0) is 79.2 Å². The SMILES string of the molecule is C[C@@H]1[C@@H]2CCc3c(nc(N4CCC5(CN(C(=O)/C=C/CN(C)C)C5)C4)c(C#N)c3-c3cc(O)cc4ccccc34)[C@H]12. The lowest BCUT2D eigenvalue weighted by molar-refractivity contribution is -0.136. The normalized spacial score (nSPS) is 24.0. The molecule has 2 saturated heterocycles. The smallest absolute Gasteiger partial charge is 0.246 e. The van der Waals surface area contributed by atoms with Gasteiger partial charge in [0.25, 0.3) is 0 Å². The van der Waals surface area contributed by atoms with E-state index in [0.29, 0.717) is 23.3 Å². The highest BCUT2D eigenvalue weighted by Crippen LogP contribution is 2.61. The quantitative estimate of drug-likeness (QED) is 0.456. The maximum atomic E-state index is 12.7. The molecule has 1 amide bonds. The van der Waals surface area contributed by atoms with Crippen molar-refractivity contribution in [1.82, 2.24) is 14.8 Å². The summed E-state index contributed by atoms with van der Waals surface area (Å²) < 4.78 is 0. The number of pyridine rings is 1. The number of likely N-dealkylation sites (N-methyl/N-ethyl adjacent to an activating group) is 1. The Morgan fingerprint density at radius 3 is 2.83 bits per heavy atom. The maximum absolute atomic E-state index is 12.7. The van der Waals surface area contributed by atoms with E-state index in [1.807, 2.05) is 54.2 Å². The van der Waals surface area contributed by atoms with Crippen LogP contribution in [0.3, 0.4) is 0 Å². The average Bonchev–Trinajstić information content (AvgIpc) is 3.39. The summed E-state index contributed by atoms with van der Waals surface area (Å²) in [5, 5.41) is 23.4. The number of phenols is 1. The fourth-order valence-corrected chi connectivity index (χ4v) is 7.80. The Labute approximate surface area is 241 Å². The van der Waals surface area contributed by atoms with Crippen LogP contribution in [-0.4, -0.2) is 72.6 Å². The molecule has 2 aromatic carbocycles. The van der Waals surface area contributed by atoms with Gasteiger partial charge in [0.05, 0.1) is 5.69 Å². The highest BCUT2D eigenvalue weighted by Gasteiger charge is 2.53. The van der Waals surface area contributed by atoms with Crippen LogP contribution in [0.4, 0.5) is 5.82 Å². The highest BCUT2D eigenvalue weighted by atomic mass is 16.3. The van der Waals surface area contributed by atoms with Crippen LogP contribution in [0.25, 0.3) is 21.9 Å². The van der Waals surface area contributed by atoms with Gasteiger partial charge in [0.1, 0.15) is 23.2 Å². The molecule has 210 valence electrons. The third-order valence-electron chi connectivity index (χ3n) is 9.98. The van der Waals surface area contributed by atoms with Crippen molar-refractivity contribution in [1.29, 1.82) is 5.26 Å². The molecule has 2 aliphatic carbocycles. The largest absolute Gasteiger partial charge is 0.508 e. The van der Waals surface area contributed by atoms with E-state index in [0.717, 1.165) is 85.4 Å². The number of likely N-dealkylation sites (tertiary alicyclic amines) is 1. The average molecular weight is 548 g/mol. The summed E-state index contributed by atoms with van der Waals surface area (Å²) in [7, 11) is 3.98. The topological polar surface area (TPSA) is 83.7 Å². The minimum Gasteiger partial charge on any atom is -0.508 e. The van der Waals surface area contributed by atoms with Crippen LogP contribution < -0.4 is 4.90 Å². The van der Waals surface area contributed by atoms with Crippen LogP contribution in [0.5, 0.6) is 5.75 Å². The molecule has 0 unspecified atom stereocenters. The van der Waals surface area contributed by atoms with E-state index in [9.17, 15) is 15.2 Å². The first-order valence-electron chi connectivity index (χ1n) is 14.8. The van der Waals surface area contributed by atoms with Crippen LogP contribution >= 0.6 is 0 Å². The van der Waals surface area contributed by atoms with Gasteiger partial charge in [-0.25, -0.2) is 4.98 Å². The van der Waals surface area contributed by atoms with Gasteiger partial charge in [0.2, 0.25) is 5.91 Å². The standard InChI is InChI=1S/C34H37N5O2/c1-21-24-10-11-26-31(27-16-23(40)15-22-7-4-5-8-25(22)27)28(17-35)33(36-32(26)30(21)24)38-14-12-34(18-38)19-39(20-34)29(41)9-6-13-37(2)3/h4-9,15-16,21,24,30,40H,10-14,18-20H2,1-3H3/b9-6+/t21-,24+,30-/m1/s1. The summed E-state index contributed by atoms with van der Waals surface area (Å²) >= 11 is 0. The highest BCUT2D eigenvalue weighted by molar-refractivity contribution is 6.01. The fraction of sp³-hybridized carbons (Fsp3) is 0.441. The Morgan fingerprint density at radius 1 is 1.24 bits per heavy atom. The Kier molecular flexibility index (Phi) is 6.09. The number of hydrogen-bond acceptors (Lipinski definition) is 6. The van der Waals surface area contributed by atoms with Gasteiger partial charge in [-0.1, -0.05) is 37.3 Å². The first-order valence-corrected chi connectivity index (χ1v) is 14.8. The van der Waals surface area contributed by atoms with Crippen molar-refractivity contribution in [2.24, 2.45) is 17.3 Å². The number of benzene rings is 2. The summed E-state index contributed by atoms with van der Waals surface area (Å²) in [5.74, 6) is 2.78. The number of carbonyl (C=O) groups excluding carboxylic acids is 1. The van der Waals surface area contributed by atoms with Gasteiger partial charge >= 0.3 is 0 Å². The number of aromatic nitrogens is 1. The summed E-state index contributed by atoms with van der Waals surface area (Å²) in [6.07, 6.45) is 6.62. The van der Waals surface area contributed by atoms with Crippen LogP contribution in [0.2, 0.25) is 0 Å². The van der Waals surface area contributed by atoms with Crippen molar-refractivity contribution < 1.29 is 9.90 Å². The molecule has 1 aromatic heterocycles. The number of nitriles is 1. The number of phenolic OH excluding ortho intramolecular Hbond substituents is 1. The molecule has 41 heavy (non-hydrogen) atoms. The van der Waals surface area contributed by atoms with Gasteiger partial charge in [-0.15, -0.1) is 0 Å². The van der Waals surface area contributed by atoms with Crippen molar-refractivity contribution in [2.45, 2.75) is 32.1 Å². The van der Waals surface area contributed by atoms with E-state index in [-0.39, 0.29) is 17.1 Å². The molecule has 2 aliphatic heterocycles.